The molecule has 0 aliphatic carbocycles. The van der Waals surface area contributed by atoms with E-state index in [0.717, 1.165) is 11.1 Å². The van der Waals surface area contributed by atoms with Crippen LogP contribution >= 0.6 is 47.0 Å². The smallest absolute Gasteiger partial charge is 0.0817 e. The van der Waals surface area contributed by atoms with E-state index in [4.69, 9.17) is 30.8 Å². The first-order chi connectivity index (χ1) is 28.6. The van der Waals surface area contributed by atoms with Gasteiger partial charge in [0.05, 0.1) is 25.6 Å². The fourth-order valence-electron chi connectivity index (χ4n) is 6.78. The molecular formula is C50H46Cl2N2P2RuS+4. The van der Waals surface area contributed by atoms with Crippen molar-refractivity contribution in [2.75, 3.05) is 0 Å². The minimum Gasteiger partial charge on any atom is -0.0817 e. The summed E-state index contributed by atoms with van der Waals surface area (Å²) in [5, 5.41) is 8.52. The van der Waals surface area contributed by atoms with Crippen molar-refractivity contribution in [3.05, 3.63) is 242 Å². The average molecular weight is 941 g/mol. The van der Waals surface area contributed by atoms with Crippen molar-refractivity contribution in [2.45, 2.75) is 21.9 Å². The van der Waals surface area contributed by atoms with Crippen LogP contribution in [0.3, 0.4) is 0 Å². The fraction of sp³-hybridized carbons (Fsp3) is 0.0400. The summed E-state index contributed by atoms with van der Waals surface area (Å²) in [6.07, 6.45) is 0. The molecule has 58 heavy (non-hydrogen) atoms. The van der Waals surface area contributed by atoms with Gasteiger partial charge >= 0.3 is 34.5 Å². The van der Waals surface area contributed by atoms with Crippen LogP contribution in [0.5, 0.6) is 0 Å². The van der Waals surface area contributed by atoms with E-state index < -0.39 is 15.8 Å². The fourth-order valence-corrected chi connectivity index (χ4v) is 13.8. The van der Waals surface area contributed by atoms with Gasteiger partial charge in [0.25, 0.3) is 0 Å². The van der Waals surface area contributed by atoms with E-state index in [1.54, 1.807) is 0 Å². The Balaban J connectivity index is 0.000000248. The van der Waals surface area contributed by atoms with Gasteiger partial charge in [-0.1, -0.05) is 169 Å². The van der Waals surface area contributed by atoms with Crippen molar-refractivity contribution in [3.63, 3.8) is 0 Å². The Labute approximate surface area is 366 Å². The van der Waals surface area contributed by atoms with E-state index in [1.807, 2.05) is 72.4 Å². The molecule has 2 nitrogen and oxygen atoms in total. The molecule has 0 bridgehead atoms. The molecule has 0 fully saturated rings. The monoisotopic (exact) mass is 940 g/mol. The van der Waals surface area contributed by atoms with Crippen LogP contribution in [0.4, 0.5) is 0 Å². The molecular weight excluding hydrogens is 895 g/mol. The minimum absolute atomic E-state index is 0.163. The first-order valence-electron chi connectivity index (χ1n) is 18.9. The van der Waals surface area contributed by atoms with Crippen molar-refractivity contribution in [1.82, 2.24) is 0 Å². The second-order valence-electron chi connectivity index (χ2n) is 13.2. The van der Waals surface area contributed by atoms with Crippen molar-refractivity contribution in [3.8, 4) is 0 Å². The molecule has 8 aromatic carbocycles. The van der Waals surface area contributed by atoms with Gasteiger partial charge < -0.3 is 11.5 Å². The second-order valence-corrected chi connectivity index (χ2v) is 21.8. The third-order valence-electron chi connectivity index (χ3n) is 9.54. The van der Waals surface area contributed by atoms with Crippen LogP contribution in [-0.2, 0) is 15.1 Å². The van der Waals surface area contributed by atoms with Crippen molar-refractivity contribution in [1.29, 1.82) is 0 Å². The molecule has 0 aliphatic heterocycles. The van der Waals surface area contributed by atoms with Crippen molar-refractivity contribution < 1.29 is 15.1 Å². The van der Waals surface area contributed by atoms with E-state index in [-0.39, 0.29) is 27.2 Å². The van der Waals surface area contributed by atoms with E-state index >= 15 is 0 Å². The Morgan fingerprint density at radius 3 is 0.845 bits per heavy atom. The quantitative estimate of drug-likeness (QED) is 0.100. The predicted octanol–water partition coefficient (Wildman–Crippen LogP) is 10.6. The molecule has 0 aliphatic rings. The number of hydrogen-bond donors (Lipinski definition) is 2. The third kappa shape index (κ3) is 12.1. The first-order valence-corrected chi connectivity index (χ1v) is 27.2. The summed E-state index contributed by atoms with van der Waals surface area (Å²) in [5.41, 5.74) is 14.4. The summed E-state index contributed by atoms with van der Waals surface area (Å²) >= 11 is 1.58. The average Bonchev–Trinajstić information content (AvgIpc) is 3.30. The second kappa shape index (κ2) is 23.6. The van der Waals surface area contributed by atoms with Crippen LogP contribution in [0.2, 0.25) is 0 Å². The van der Waals surface area contributed by atoms with Gasteiger partial charge in [-0.2, -0.15) is 0 Å². The van der Waals surface area contributed by atoms with E-state index in [1.165, 1.54) is 41.6 Å². The zero-order valence-corrected chi connectivity index (χ0v) is 37.8. The molecule has 8 aromatic rings. The number of nitrogens with two attached hydrogens (primary N) is 2. The van der Waals surface area contributed by atoms with Gasteiger partial charge in [-0.05, 0) is 83.9 Å². The Morgan fingerprint density at radius 2 is 0.569 bits per heavy atom. The number of hydrogen-bond acceptors (Lipinski definition) is 3. The van der Waals surface area contributed by atoms with Gasteiger partial charge in [0.15, 0.2) is 0 Å². The predicted molar refractivity (Wildman–Crippen MR) is 256 cm³/mol. The summed E-state index contributed by atoms with van der Waals surface area (Å²) in [4.78, 5) is 2.68. The molecule has 0 heterocycles. The Bertz CT molecular complexity index is 2120. The van der Waals surface area contributed by atoms with Gasteiger partial charge in [-0.25, -0.2) is 0 Å². The molecule has 0 saturated heterocycles. The third-order valence-corrected chi connectivity index (χ3v) is 16.6. The molecule has 2 unspecified atom stereocenters. The molecule has 290 valence electrons. The number of halogens is 2. The van der Waals surface area contributed by atoms with Crippen LogP contribution < -0.4 is 43.3 Å². The molecule has 0 saturated carbocycles. The standard InChI is InChI=1S/C36H28P2S.C14H16N2.2ClH.Ru/c1-5-17-29(18-6-1)37(30-19-7-2-8-20-30)33-25-13-15-27-35(33)39-36-28-16-14-26-34(36)38(31-21-9-3-10-22-31)32-23-11-4-12-24-32;15-13(11-7-3-1-4-8-11)14(16)12-9-5-2-6-10-12;;;/h1-28H;1-10,13-14H,15-16H2;2*1H;/q;;;;+4. The maximum absolute atomic E-state index is 6.15. The molecule has 4 N–H and O–H groups in total. The topological polar surface area (TPSA) is 52.0 Å². The summed E-state index contributed by atoms with van der Waals surface area (Å²) in [7, 11) is 7.36. The van der Waals surface area contributed by atoms with Crippen LogP contribution in [0.25, 0.3) is 0 Å². The molecule has 0 amide bonds. The molecule has 0 aromatic heterocycles. The van der Waals surface area contributed by atoms with Gasteiger partial charge in [-0.15, -0.1) is 0 Å². The molecule has 2 atom stereocenters. The zero-order chi connectivity index (χ0) is 40.4. The zero-order valence-electron chi connectivity index (χ0n) is 31.8. The molecule has 0 spiro atoms. The summed E-state index contributed by atoms with van der Waals surface area (Å²) in [5.74, 6) is 0. The van der Waals surface area contributed by atoms with Gasteiger partial charge in [-0.3, -0.25) is 0 Å². The van der Waals surface area contributed by atoms with Crippen molar-refractivity contribution >= 4 is 78.8 Å². The van der Waals surface area contributed by atoms with Gasteiger partial charge in [0.1, 0.15) is 31.8 Å². The van der Waals surface area contributed by atoms with Crippen LogP contribution in [0.1, 0.15) is 23.2 Å². The Kier molecular flexibility index (Phi) is 17.8. The largest absolute Gasteiger partial charge is 0.116 e. The SMILES string of the molecule is NC(c1ccccc1)C(N)c1ccccc1.[Cl][Ru+2][Cl].c1ccc([PH+](c2ccccc2)c2ccccc2Sc2ccccc2[PH+](c2ccccc2)c2ccccc2)cc1. The normalized spacial score (nSPS) is 11.8. The van der Waals surface area contributed by atoms with E-state index in [2.05, 4.69) is 170 Å². The summed E-state index contributed by atoms with van der Waals surface area (Å²) < 4.78 is 0. The molecule has 8 rings (SSSR count). The van der Waals surface area contributed by atoms with Crippen molar-refractivity contribution in [2.24, 2.45) is 11.5 Å². The first kappa shape index (κ1) is 43.7. The molecule has 8 heteroatoms. The van der Waals surface area contributed by atoms with Gasteiger partial charge in [0.2, 0.25) is 0 Å². The van der Waals surface area contributed by atoms with E-state index in [0.29, 0.717) is 0 Å². The summed E-state index contributed by atoms with van der Waals surface area (Å²) in [6.45, 7) is 0. The maximum Gasteiger partial charge on any atom is 0.116 e. The van der Waals surface area contributed by atoms with Gasteiger partial charge in [0, 0.05) is 12.1 Å². The van der Waals surface area contributed by atoms with E-state index in [9.17, 15) is 0 Å². The number of benzene rings is 8. The van der Waals surface area contributed by atoms with Crippen LogP contribution in [0.15, 0.2) is 240 Å². The Morgan fingerprint density at radius 1 is 0.345 bits per heavy atom. The number of rotatable bonds is 11. The van der Waals surface area contributed by atoms with Crippen LogP contribution in [-0.4, -0.2) is 0 Å². The maximum atomic E-state index is 6.15. The summed E-state index contributed by atoms with van der Waals surface area (Å²) in [6, 6.07) is 81.8. The van der Waals surface area contributed by atoms with Crippen LogP contribution in [0, 0.1) is 0 Å². The Hall–Kier alpha value is -3.91. The molecule has 0 radical (unpaired) electrons. The minimum atomic E-state index is -1.17.